The van der Waals surface area contributed by atoms with Gasteiger partial charge in [0.05, 0.1) is 5.41 Å². The number of amides is 1. The highest BCUT2D eigenvalue weighted by atomic mass is 16.4. The summed E-state index contributed by atoms with van der Waals surface area (Å²) < 4.78 is 0. The Hall–Kier alpha value is -1.84. The molecule has 2 N–H and O–H groups in total. The highest BCUT2D eigenvalue weighted by molar-refractivity contribution is 5.91. The first-order chi connectivity index (χ1) is 9.80. The maximum absolute atomic E-state index is 12.5. The fourth-order valence-electron chi connectivity index (χ4n) is 2.40. The molecule has 0 bridgehead atoms. The van der Waals surface area contributed by atoms with Gasteiger partial charge >= 0.3 is 5.97 Å². The predicted octanol–water partition coefficient (Wildman–Crippen LogP) is 3.03. The number of hydrogen-bond acceptors (Lipinski definition) is 2. The minimum absolute atomic E-state index is 0.250. The van der Waals surface area contributed by atoms with Crippen molar-refractivity contribution in [2.45, 2.75) is 58.4 Å². The third kappa shape index (κ3) is 4.31. The third-order valence-electron chi connectivity index (χ3n) is 3.84. The van der Waals surface area contributed by atoms with Crippen LogP contribution in [-0.2, 0) is 15.0 Å². The summed E-state index contributed by atoms with van der Waals surface area (Å²) in [7, 11) is 0. The molecule has 1 atom stereocenters. The molecule has 0 aliphatic carbocycles. The van der Waals surface area contributed by atoms with E-state index >= 15 is 0 Å². The zero-order valence-corrected chi connectivity index (χ0v) is 13.3. The number of rotatable bonds is 7. The lowest BCUT2D eigenvalue weighted by atomic mass is 9.81. The molecule has 0 fully saturated rings. The molecule has 21 heavy (non-hydrogen) atoms. The van der Waals surface area contributed by atoms with E-state index in [0.717, 1.165) is 24.0 Å². The van der Waals surface area contributed by atoms with Gasteiger partial charge in [0.1, 0.15) is 6.04 Å². The van der Waals surface area contributed by atoms with Crippen LogP contribution in [0.1, 0.15) is 51.2 Å². The summed E-state index contributed by atoms with van der Waals surface area (Å²) in [5, 5.41) is 11.9. The van der Waals surface area contributed by atoms with Crippen LogP contribution in [0.25, 0.3) is 0 Å². The Morgan fingerprint density at radius 3 is 2.43 bits per heavy atom. The van der Waals surface area contributed by atoms with Crippen LogP contribution in [-0.4, -0.2) is 23.0 Å². The Morgan fingerprint density at radius 1 is 1.29 bits per heavy atom. The number of carboxylic acid groups (broad SMARTS) is 1. The van der Waals surface area contributed by atoms with Crippen LogP contribution in [0.5, 0.6) is 0 Å². The molecule has 4 nitrogen and oxygen atoms in total. The average molecular weight is 291 g/mol. The van der Waals surface area contributed by atoms with Gasteiger partial charge in [0.2, 0.25) is 5.91 Å². The molecule has 4 heteroatoms. The van der Waals surface area contributed by atoms with E-state index in [9.17, 15) is 14.7 Å². The molecule has 0 aliphatic heterocycles. The number of carboxylic acids is 1. The summed E-state index contributed by atoms with van der Waals surface area (Å²) in [5.41, 5.74) is 1.19. The number of carbonyl (C=O) groups excluding carboxylic acids is 1. The minimum Gasteiger partial charge on any atom is -0.480 e. The Kier molecular flexibility index (Phi) is 5.94. The highest BCUT2D eigenvalue weighted by Crippen LogP contribution is 2.26. The van der Waals surface area contributed by atoms with Crippen molar-refractivity contribution in [2.24, 2.45) is 0 Å². The maximum atomic E-state index is 12.5. The molecule has 0 saturated heterocycles. The highest BCUT2D eigenvalue weighted by Gasteiger charge is 2.33. The molecule has 0 saturated carbocycles. The molecule has 1 aromatic rings. The average Bonchev–Trinajstić information content (AvgIpc) is 2.43. The van der Waals surface area contributed by atoms with Crippen molar-refractivity contribution < 1.29 is 14.7 Å². The van der Waals surface area contributed by atoms with E-state index in [2.05, 4.69) is 5.32 Å². The van der Waals surface area contributed by atoms with Crippen LogP contribution in [0.2, 0.25) is 0 Å². The fraction of sp³-hybridized carbons (Fsp3) is 0.529. The molecular weight excluding hydrogens is 266 g/mol. The summed E-state index contributed by atoms with van der Waals surface area (Å²) in [4.78, 5) is 23.8. The maximum Gasteiger partial charge on any atom is 0.326 e. The van der Waals surface area contributed by atoms with E-state index in [-0.39, 0.29) is 5.91 Å². The number of benzene rings is 1. The van der Waals surface area contributed by atoms with E-state index in [1.807, 2.05) is 52.0 Å². The van der Waals surface area contributed by atoms with Crippen LogP contribution in [0.15, 0.2) is 24.3 Å². The molecule has 1 rings (SSSR count). The van der Waals surface area contributed by atoms with Crippen molar-refractivity contribution in [1.29, 1.82) is 0 Å². The van der Waals surface area contributed by atoms with Gasteiger partial charge in [-0.1, -0.05) is 44.0 Å². The van der Waals surface area contributed by atoms with Gasteiger partial charge in [0, 0.05) is 0 Å². The number of hydrogen-bond donors (Lipinski definition) is 2. The number of aryl methyl sites for hydroxylation is 1. The first kappa shape index (κ1) is 17.2. The summed E-state index contributed by atoms with van der Waals surface area (Å²) in [6, 6.07) is 6.87. The number of aliphatic carboxylic acids is 1. The summed E-state index contributed by atoms with van der Waals surface area (Å²) in [5.74, 6) is -1.22. The van der Waals surface area contributed by atoms with Gasteiger partial charge in [-0.3, -0.25) is 4.79 Å². The van der Waals surface area contributed by atoms with E-state index in [4.69, 9.17) is 0 Å². The minimum atomic E-state index is -0.975. The quantitative estimate of drug-likeness (QED) is 0.811. The van der Waals surface area contributed by atoms with Crippen LogP contribution >= 0.6 is 0 Å². The van der Waals surface area contributed by atoms with Crippen LogP contribution in [0, 0.1) is 6.92 Å². The number of nitrogens with one attached hydrogen (secondary N) is 1. The van der Waals surface area contributed by atoms with Crippen molar-refractivity contribution in [2.75, 3.05) is 0 Å². The summed E-state index contributed by atoms with van der Waals surface area (Å²) >= 11 is 0. The van der Waals surface area contributed by atoms with Crippen molar-refractivity contribution in [3.8, 4) is 0 Å². The lowest BCUT2D eigenvalue weighted by molar-refractivity contribution is -0.142. The molecule has 1 aromatic carbocycles. The van der Waals surface area contributed by atoms with Crippen LogP contribution in [0.3, 0.4) is 0 Å². The van der Waals surface area contributed by atoms with Crippen molar-refractivity contribution in [3.05, 3.63) is 35.4 Å². The molecule has 1 unspecified atom stereocenters. The van der Waals surface area contributed by atoms with Gasteiger partial charge in [-0.05, 0) is 38.3 Å². The fourth-order valence-corrected chi connectivity index (χ4v) is 2.40. The Bertz CT molecular complexity index is 509. The molecule has 0 radical (unpaired) electrons. The van der Waals surface area contributed by atoms with Gasteiger partial charge in [-0.25, -0.2) is 4.79 Å². The van der Waals surface area contributed by atoms with E-state index < -0.39 is 17.4 Å². The molecule has 116 valence electrons. The molecule has 0 spiro atoms. The zero-order valence-electron chi connectivity index (χ0n) is 13.3. The van der Waals surface area contributed by atoms with Gasteiger partial charge < -0.3 is 10.4 Å². The summed E-state index contributed by atoms with van der Waals surface area (Å²) in [6.07, 6.45) is 2.14. The molecule has 0 aliphatic rings. The monoisotopic (exact) mass is 291 g/mol. The van der Waals surface area contributed by atoms with Gasteiger partial charge in [-0.2, -0.15) is 0 Å². The topological polar surface area (TPSA) is 66.4 Å². The Balaban J connectivity index is 2.90. The van der Waals surface area contributed by atoms with Crippen LogP contribution in [0.4, 0.5) is 0 Å². The molecular formula is C17H25NO3. The zero-order chi connectivity index (χ0) is 16.0. The predicted molar refractivity (Wildman–Crippen MR) is 83.3 cm³/mol. The van der Waals surface area contributed by atoms with Gasteiger partial charge in [0.25, 0.3) is 0 Å². The molecule has 1 amide bonds. The smallest absolute Gasteiger partial charge is 0.326 e. The second-order valence-electron chi connectivity index (χ2n) is 5.95. The van der Waals surface area contributed by atoms with Crippen LogP contribution < -0.4 is 5.32 Å². The van der Waals surface area contributed by atoms with Crippen molar-refractivity contribution >= 4 is 11.9 Å². The first-order valence-corrected chi connectivity index (χ1v) is 7.40. The number of carbonyl (C=O) groups is 2. The second-order valence-corrected chi connectivity index (χ2v) is 5.95. The largest absolute Gasteiger partial charge is 0.480 e. The van der Waals surface area contributed by atoms with E-state index in [1.54, 1.807) is 0 Å². The van der Waals surface area contributed by atoms with Crippen molar-refractivity contribution in [3.63, 3.8) is 0 Å². The Morgan fingerprint density at radius 2 is 1.90 bits per heavy atom. The number of unbranched alkanes of at least 4 members (excludes halogenated alkanes) is 1. The van der Waals surface area contributed by atoms with Gasteiger partial charge in [-0.15, -0.1) is 0 Å². The molecule has 0 aromatic heterocycles. The standard InChI is InChI=1S/C17H25NO3/c1-5-6-11-14(15(19)20)18-16(21)17(3,4)13-10-8-7-9-12(13)2/h7-10,14H,5-6,11H2,1-4H3,(H,18,21)(H,19,20). The first-order valence-electron chi connectivity index (χ1n) is 7.40. The van der Waals surface area contributed by atoms with Crippen molar-refractivity contribution in [1.82, 2.24) is 5.32 Å². The SMILES string of the molecule is CCCCC(NC(=O)C(C)(C)c1ccccc1C)C(=O)O. The normalized spacial score (nSPS) is 12.8. The Labute approximate surface area is 126 Å². The van der Waals surface area contributed by atoms with E-state index in [1.165, 1.54) is 0 Å². The van der Waals surface area contributed by atoms with Gasteiger partial charge in [0.15, 0.2) is 0 Å². The third-order valence-corrected chi connectivity index (χ3v) is 3.84. The second kappa shape index (κ2) is 7.25. The summed E-state index contributed by atoms with van der Waals surface area (Å²) in [6.45, 7) is 7.60. The lowest BCUT2D eigenvalue weighted by Gasteiger charge is -2.27. The van der Waals surface area contributed by atoms with E-state index in [0.29, 0.717) is 6.42 Å². The lowest BCUT2D eigenvalue weighted by Crippen LogP contribution is -2.48. The molecule has 0 heterocycles.